The molecule has 0 aromatic heterocycles. The number of hydrogen-bond acceptors (Lipinski definition) is 4. The summed E-state index contributed by atoms with van der Waals surface area (Å²) in [6, 6.07) is 5.71. The Morgan fingerprint density at radius 1 is 1.25 bits per heavy atom. The fourth-order valence-corrected chi connectivity index (χ4v) is 1.91. The third kappa shape index (κ3) is 8.23. The van der Waals surface area contributed by atoms with Gasteiger partial charge >= 0.3 is 0 Å². The van der Waals surface area contributed by atoms with E-state index in [1.54, 1.807) is 14.2 Å². The molecular formula is C16H27IN4O3. The summed E-state index contributed by atoms with van der Waals surface area (Å²) in [7, 11) is 3.18. The van der Waals surface area contributed by atoms with Gasteiger partial charge in [-0.25, -0.2) is 4.99 Å². The Hall–Kier alpha value is -1.71. The van der Waals surface area contributed by atoms with Crippen molar-refractivity contribution in [1.29, 1.82) is 0 Å². The van der Waals surface area contributed by atoms with Crippen molar-refractivity contribution in [2.45, 2.75) is 32.9 Å². The van der Waals surface area contributed by atoms with E-state index in [-0.39, 0.29) is 35.9 Å². The molecule has 1 rings (SSSR count). The number of methoxy groups -OCH3 is 2. The van der Waals surface area contributed by atoms with Gasteiger partial charge in [0.2, 0.25) is 5.91 Å². The smallest absolute Gasteiger partial charge is 0.221 e. The maximum atomic E-state index is 11.5. The predicted octanol–water partition coefficient (Wildman–Crippen LogP) is 1.64. The molecule has 7 nitrogen and oxygen atoms in total. The van der Waals surface area contributed by atoms with Crippen LogP contribution in [-0.4, -0.2) is 38.7 Å². The van der Waals surface area contributed by atoms with Crippen molar-refractivity contribution in [3.8, 4) is 11.5 Å². The van der Waals surface area contributed by atoms with Crippen LogP contribution in [0.2, 0.25) is 0 Å². The number of nitrogens with two attached hydrogens (primary N) is 1. The molecule has 24 heavy (non-hydrogen) atoms. The van der Waals surface area contributed by atoms with Gasteiger partial charge in [-0.05, 0) is 31.5 Å². The molecule has 0 fully saturated rings. The zero-order valence-corrected chi connectivity index (χ0v) is 16.9. The lowest BCUT2D eigenvalue weighted by Crippen LogP contribution is -2.36. The van der Waals surface area contributed by atoms with Crippen LogP contribution in [0.15, 0.2) is 23.2 Å². The highest BCUT2D eigenvalue weighted by atomic mass is 127. The van der Waals surface area contributed by atoms with E-state index in [2.05, 4.69) is 15.6 Å². The minimum absolute atomic E-state index is 0. The van der Waals surface area contributed by atoms with E-state index < -0.39 is 0 Å². The van der Waals surface area contributed by atoms with Crippen molar-refractivity contribution < 1.29 is 14.3 Å². The molecule has 0 spiro atoms. The molecule has 136 valence electrons. The molecule has 0 unspecified atom stereocenters. The Kier molecular flexibility index (Phi) is 10.9. The minimum atomic E-state index is -0.0137. The zero-order valence-electron chi connectivity index (χ0n) is 14.6. The first-order valence-corrected chi connectivity index (χ1v) is 7.50. The molecule has 0 bridgehead atoms. The van der Waals surface area contributed by atoms with Crippen LogP contribution in [0, 0.1) is 0 Å². The number of halogens is 1. The monoisotopic (exact) mass is 450 g/mol. The minimum Gasteiger partial charge on any atom is -0.493 e. The van der Waals surface area contributed by atoms with Gasteiger partial charge in [0.25, 0.3) is 0 Å². The van der Waals surface area contributed by atoms with Crippen molar-refractivity contribution in [1.82, 2.24) is 10.6 Å². The zero-order chi connectivity index (χ0) is 17.2. The second-order valence-corrected chi connectivity index (χ2v) is 5.29. The van der Waals surface area contributed by atoms with Crippen LogP contribution in [0.25, 0.3) is 0 Å². The molecule has 0 aliphatic carbocycles. The average Bonchev–Trinajstić information content (AvgIpc) is 2.51. The molecular weight excluding hydrogens is 423 g/mol. The number of ether oxygens (including phenoxy) is 2. The number of benzene rings is 1. The molecule has 0 saturated carbocycles. The molecule has 1 aromatic carbocycles. The quantitative estimate of drug-likeness (QED) is 0.318. The molecule has 0 aliphatic heterocycles. The van der Waals surface area contributed by atoms with Crippen LogP contribution in [0.4, 0.5) is 0 Å². The van der Waals surface area contributed by atoms with E-state index >= 15 is 0 Å². The fraction of sp³-hybridized carbons (Fsp3) is 0.500. The maximum Gasteiger partial charge on any atom is 0.221 e. The van der Waals surface area contributed by atoms with Gasteiger partial charge in [-0.1, -0.05) is 6.07 Å². The summed E-state index contributed by atoms with van der Waals surface area (Å²) >= 11 is 0. The van der Waals surface area contributed by atoms with Crippen molar-refractivity contribution in [2.24, 2.45) is 10.7 Å². The van der Waals surface area contributed by atoms with Crippen LogP contribution in [0.3, 0.4) is 0 Å². The third-order valence-electron chi connectivity index (χ3n) is 2.99. The van der Waals surface area contributed by atoms with Crippen LogP contribution in [0.1, 0.15) is 25.8 Å². The molecule has 8 heteroatoms. The number of aliphatic imine (C=N–C) groups is 1. The SMILES string of the molecule is COc1ccc(CN=C(N)NCCC(=O)NC(C)C)cc1OC.I. The second kappa shape index (κ2) is 11.8. The van der Waals surface area contributed by atoms with Gasteiger partial charge < -0.3 is 25.8 Å². The van der Waals surface area contributed by atoms with Gasteiger partial charge in [0, 0.05) is 19.0 Å². The Balaban J connectivity index is 0.00000529. The van der Waals surface area contributed by atoms with Gasteiger partial charge in [-0.3, -0.25) is 4.79 Å². The summed E-state index contributed by atoms with van der Waals surface area (Å²) in [6.45, 7) is 4.70. The topological polar surface area (TPSA) is 98.0 Å². The Labute approximate surface area is 160 Å². The van der Waals surface area contributed by atoms with E-state index in [1.807, 2.05) is 32.0 Å². The average molecular weight is 450 g/mol. The fourth-order valence-electron chi connectivity index (χ4n) is 1.91. The number of nitrogens with zero attached hydrogens (tertiary/aromatic N) is 1. The number of hydrogen-bond donors (Lipinski definition) is 3. The van der Waals surface area contributed by atoms with Gasteiger partial charge in [-0.15, -0.1) is 24.0 Å². The molecule has 0 radical (unpaired) electrons. The van der Waals surface area contributed by atoms with E-state index in [4.69, 9.17) is 15.2 Å². The summed E-state index contributed by atoms with van der Waals surface area (Å²) in [4.78, 5) is 15.7. The van der Waals surface area contributed by atoms with E-state index in [0.29, 0.717) is 37.0 Å². The van der Waals surface area contributed by atoms with E-state index in [0.717, 1.165) is 5.56 Å². The largest absolute Gasteiger partial charge is 0.493 e. The lowest BCUT2D eigenvalue weighted by Gasteiger charge is -2.10. The molecule has 1 aromatic rings. The van der Waals surface area contributed by atoms with Crippen LogP contribution in [0.5, 0.6) is 11.5 Å². The summed E-state index contributed by atoms with van der Waals surface area (Å²) < 4.78 is 10.4. The molecule has 4 N–H and O–H groups in total. The van der Waals surface area contributed by atoms with Gasteiger partial charge in [0.05, 0.1) is 20.8 Å². The number of carbonyl (C=O) groups is 1. The number of nitrogens with one attached hydrogen (secondary N) is 2. The third-order valence-corrected chi connectivity index (χ3v) is 2.99. The number of amides is 1. The second-order valence-electron chi connectivity index (χ2n) is 5.29. The lowest BCUT2D eigenvalue weighted by molar-refractivity contribution is -0.121. The highest BCUT2D eigenvalue weighted by Gasteiger charge is 2.05. The Morgan fingerprint density at radius 3 is 2.50 bits per heavy atom. The van der Waals surface area contributed by atoms with Crippen LogP contribution >= 0.6 is 24.0 Å². The summed E-state index contributed by atoms with van der Waals surface area (Å²) in [5.74, 6) is 1.61. The molecule has 0 aliphatic rings. The van der Waals surface area contributed by atoms with Crippen molar-refractivity contribution >= 4 is 35.8 Å². The standard InChI is InChI=1S/C16H26N4O3.HI/c1-11(2)20-15(21)7-8-18-16(17)19-10-12-5-6-13(22-3)14(9-12)23-4;/h5-6,9,11H,7-8,10H2,1-4H3,(H,20,21)(H3,17,18,19);1H. The normalized spacial score (nSPS) is 10.8. The molecule has 0 saturated heterocycles. The first-order valence-electron chi connectivity index (χ1n) is 7.50. The number of guanidine groups is 1. The highest BCUT2D eigenvalue weighted by molar-refractivity contribution is 14.0. The molecule has 0 heterocycles. The summed E-state index contributed by atoms with van der Waals surface area (Å²) in [5, 5.41) is 5.73. The van der Waals surface area contributed by atoms with Gasteiger partial charge in [0.15, 0.2) is 17.5 Å². The summed E-state index contributed by atoms with van der Waals surface area (Å²) in [5.41, 5.74) is 6.74. The summed E-state index contributed by atoms with van der Waals surface area (Å²) in [6.07, 6.45) is 0.352. The maximum absolute atomic E-state index is 11.5. The van der Waals surface area contributed by atoms with Gasteiger partial charge in [0.1, 0.15) is 0 Å². The van der Waals surface area contributed by atoms with E-state index in [9.17, 15) is 4.79 Å². The number of rotatable bonds is 8. The number of carbonyl (C=O) groups excluding carboxylic acids is 1. The van der Waals surface area contributed by atoms with Crippen molar-refractivity contribution in [2.75, 3.05) is 20.8 Å². The van der Waals surface area contributed by atoms with Crippen molar-refractivity contribution in [3.05, 3.63) is 23.8 Å². The first kappa shape index (κ1) is 22.3. The predicted molar refractivity (Wildman–Crippen MR) is 106 cm³/mol. The lowest BCUT2D eigenvalue weighted by atomic mass is 10.2. The van der Waals surface area contributed by atoms with Gasteiger partial charge in [-0.2, -0.15) is 0 Å². The highest BCUT2D eigenvalue weighted by Crippen LogP contribution is 2.27. The van der Waals surface area contributed by atoms with E-state index in [1.165, 1.54) is 0 Å². The van der Waals surface area contributed by atoms with Crippen LogP contribution < -0.4 is 25.8 Å². The molecule has 0 atom stereocenters. The first-order chi connectivity index (χ1) is 11.0. The Bertz CT molecular complexity index is 550. The van der Waals surface area contributed by atoms with Crippen LogP contribution in [-0.2, 0) is 11.3 Å². The Morgan fingerprint density at radius 2 is 1.92 bits per heavy atom. The molecule has 1 amide bonds. The van der Waals surface area contributed by atoms with Crippen molar-refractivity contribution in [3.63, 3.8) is 0 Å².